The molecule has 0 radical (unpaired) electrons. The van der Waals surface area contributed by atoms with Crippen molar-refractivity contribution in [1.82, 2.24) is 10.2 Å². The number of ether oxygens (including phenoxy) is 1. The minimum absolute atomic E-state index is 0.0437. The molecule has 0 aromatic heterocycles. The molecule has 2 aromatic rings. The van der Waals surface area contributed by atoms with E-state index >= 15 is 0 Å². The Hall–Kier alpha value is -3.35. The highest BCUT2D eigenvalue weighted by Gasteiger charge is 2.29. The van der Waals surface area contributed by atoms with Gasteiger partial charge in [-0.25, -0.2) is 9.59 Å². The fraction of sp³-hybridized carbons (Fsp3) is 0.444. The molecule has 7 heteroatoms. The third kappa shape index (κ3) is 6.16. The van der Waals surface area contributed by atoms with E-state index in [2.05, 4.69) is 29.6 Å². The molecule has 3 rings (SSSR count). The normalized spacial score (nSPS) is 13.0. The van der Waals surface area contributed by atoms with Gasteiger partial charge < -0.3 is 20.1 Å². The lowest BCUT2D eigenvalue weighted by Crippen LogP contribution is -2.42. The minimum Gasteiger partial charge on any atom is -0.480 e. The Morgan fingerprint density at radius 2 is 1.56 bits per heavy atom. The number of nitrogens with zero attached hydrogens (tertiary/aromatic N) is 1. The Balaban J connectivity index is 1.33. The van der Waals surface area contributed by atoms with Crippen LogP contribution >= 0.6 is 0 Å². The Labute approximate surface area is 201 Å². The number of rotatable bonds is 12. The van der Waals surface area contributed by atoms with Crippen molar-refractivity contribution < 1.29 is 24.2 Å². The van der Waals surface area contributed by atoms with Crippen molar-refractivity contribution in [3.05, 3.63) is 59.7 Å². The van der Waals surface area contributed by atoms with Crippen molar-refractivity contribution in [2.24, 2.45) is 0 Å². The predicted molar refractivity (Wildman–Crippen MR) is 131 cm³/mol. The highest BCUT2D eigenvalue weighted by Crippen LogP contribution is 2.44. The Kier molecular flexibility index (Phi) is 9.08. The van der Waals surface area contributed by atoms with Gasteiger partial charge >= 0.3 is 12.1 Å². The van der Waals surface area contributed by atoms with Crippen LogP contribution in [-0.4, -0.2) is 53.7 Å². The number of carbonyl (C=O) groups is 3. The molecule has 7 nitrogen and oxygen atoms in total. The first-order valence-electron chi connectivity index (χ1n) is 12.0. The Morgan fingerprint density at radius 1 is 0.971 bits per heavy atom. The molecule has 1 aliphatic rings. The van der Waals surface area contributed by atoms with E-state index < -0.39 is 18.1 Å². The molecule has 34 heavy (non-hydrogen) atoms. The maximum Gasteiger partial charge on any atom is 0.407 e. The number of carboxylic acids is 1. The predicted octanol–water partition coefficient (Wildman–Crippen LogP) is 4.80. The van der Waals surface area contributed by atoms with E-state index in [1.807, 2.05) is 24.3 Å². The standard InChI is InChI=1S/C27H34N2O5/c1-3-29(19(2)26(31)32)25(30)16-6-4-5-11-17-28-27(33)34-18-24-22-14-9-7-12-20(22)21-13-8-10-15-23(21)24/h7-10,12-15,19,24H,3-6,11,16-18H2,1-2H3,(H,28,33)(H,31,32). The molecule has 0 aliphatic heterocycles. The Morgan fingerprint density at radius 3 is 2.15 bits per heavy atom. The van der Waals surface area contributed by atoms with E-state index in [1.165, 1.54) is 34.1 Å². The molecule has 182 valence electrons. The van der Waals surface area contributed by atoms with E-state index in [4.69, 9.17) is 9.84 Å². The molecule has 2 aromatic carbocycles. The summed E-state index contributed by atoms with van der Waals surface area (Å²) in [5.41, 5.74) is 4.77. The second-order valence-electron chi connectivity index (χ2n) is 8.61. The van der Waals surface area contributed by atoms with E-state index in [1.54, 1.807) is 6.92 Å². The van der Waals surface area contributed by atoms with Gasteiger partial charge in [-0.15, -0.1) is 0 Å². The van der Waals surface area contributed by atoms with Crippen LogP contribution in [0.25, 0.3) is 11.1 Å². The number of benzene rings is 2. The fourth-order valence-corrected chi connectivity index (χ4v) is 4.54. The molecular weight excluding hydrogens is 432 g/mol. The smallest absolute Gasteiger partial charge is 0.407 e. The van der Waals surface area contributed by atoms with Crippen molar-refractivity contribution in [2.75, 3.05) is 19.7 Å². The van der Waals surface area contributed by atoms with Gasteiger partial charge in [-0.2, -0.15) is 0 Å². The lowest BCUT2D eigenvalue weighted by atomic mass is 9.98. The van der Waals surface area contributed by atoms with Gasteiger partial charge in [0.1, 0.15) is 12.6 Å². The number of carboxylic acid groups (broad SMARTS) is 1. The van der Waals surface area contributed by atoms with Crippen LogP contribution in [0, 0.1) is 0 Å². The summed E-state index contributed by atoms with van der Waals surface area (Å²) in [5.74, 6) is -1.08. The molecule has 0 saturated heterocycles. The molecule has 0 saturated carbocycles. The zero-order valence-electron chi connectivity index (χ0n) is 20.0. The van der Waals surface area contributed by atoms with Crippen molar-refractivity contribution in [2.45, 2.75) is 57.9 Å². The average Bonchev–Trinajstić information content (AvgIpc) is 3.16. The first-order chi connectivity index (χ1) is 16.4. The van der Waals surface area contributed by atoms with Crippen LogP contribution in [0.15, 0.2) is 48.5 Å². The summed E-state index contributed by atoms with van der Waals surface area (Å²) in [6.45, 7) is 4.51. The van der Waals surface area contributed by atoms with E-state index in [9.17, 15) is 14.4 Å². The molecule has 2 amide bonds. The first-order valence-corrected chi connectivity index (χ1v) is 12.0. The number of amides is 2. The molecule has 2 N–H and O–H groups in total. The van der Waals surface area contributed by atoms with Crippen molar-refractivity contribution >= 4 is 18.0 Å². The maximum atomic E-state index is 12.2. The van der Waals surface area contributed by atoms with Gasteiger partial charge in [0.25, 0.3) is 0 Å². The van der Waals surface area contributed by atoms with Gasteiger partial charge in [-0.3, -0.25) is 4.79 Å². The summed E-state index contributed by atoms with van der Waals surface area (Å²) < 4.78 is 5.53. The summed E-state index contributed by atoms with van der Waals surface area (Å²) in [4.78, 5) is 36.9. The number of hydrogen-bond acceptors (Lipinski definition) is 4. The average molecular weight is 467 g/mol. The van der Waals surface area contributed by atoms with Gasteiger partial charge in [0, 0.05) is 25.4 Å². The van der Waals surface area contributed by atoms with Crippen LogP contribution in [0.2, 0.25) is 0 Å². The number of likely N-dealkylation sites (N-methyl/N-ethyl adjacent to an activating group) is 1. The van der Waals surface area contributed by atoms with E-state index in [0.29, 0.717) is 32.5 Å². The van der Waals surface area contributed by atoms with Gasteiger partial charge in [0.2, 0.25) is 5.91 Å². The zero-order valence-corrected chi connectivity index (χ0v) is 20.0. The SMILES string of the molecule is CCN(C(=O)CCCCCCNC(=O)OCC1c2ccccc2-c2ccccc21)C(C)C(=O)O. The lowest BCUT2D eigenvalue weighted by Gasteiger charge is -2.25. The van der Waals surface area contributed by atoms with Crippen LogP contribution in [0.1, 0.15) is 63.0 Å². The highest BCUT2D eigenvalue weighted by molar-refractivity contribution is 5.83. The zero-order chi connectivity index (χ0) is 24.5. The number of unbranched alkanes of at least 4 members (excludes halogenated alkanes) is 3. The first kappa shape index (κ1) is 25.3. The fourth-order valence-electron chi connectivity index (χ4n) is 4.54. The number of hydrogen-bond donors (Lipinski definition) is 2. The molecule has 0 bridgehead atoms. The summed E-state index contributed by atoms with van der Waals surface area (Å²) >= 11 is 0. The lowest BCUT2D eigenvalue weighted by molar-refractivity contribution is -0.149. The van der Waals surface area contributed by atoms with Crippen LogP contribution in [0.5, 0.6) is 0 Å². The summed E-state index contributed by atoms with van der Waals surface area (Å²) in [7, 11) is 0. The number of carbonyl (C=O) groups excluding carboxylic acids is 2. The van der Waals surface area contributed by atoms with Gasteiger partial charge in [0.15, 0.2) is 0 Å². The van der Waals surface area contributed by atoms with Crippen LogP contribution in [0.4, 0.5) is 4.79 Å². The monoisotopic (exact) mass is 466 g/mol. The number of fused-ring (bicyclic) bond motifs is 3. The molecule has 0 spiro atoms. The van der Waals surface area contributed by atoms with Gasteiger partial charge in [-0.05, 0) is 48.9 Å². The third-order valence-electron chi connectivity index (χ3n) is 6.42. The molecule has 1 atom stereocenters. The van der Waals surface area contributed by atoms with Gasteiger partial charge in [0.05, 0.1) is 0 Å². The largest absolute Gasteiger partial charge is 0.480 e. The van der Waals surface area contributed by atoms with Crippen LogP contribution in [-0.2, 0) is 14.3 Å². The topological polar surface area (TPSA) is 95.9 Å². The maximum absolute atomic E-state index is 12.2. The van der Waals surface area contributed by atoms with Crippen molar-refractivity contribution in [3.63, 3.8) is 0 Å². The second kappa shape index (κ2) is 12.2. The number of nitrogens with one attached hydrogen (secondary N) is 1. The molecule has 1 aliphatic carbocycles. The minimum atomic E-state index is -0.991. The third-order valence-corrected chi connectivity index (χ3v) is 6.42. The molecular formula is C27H34N2O5. The molecule has 0 fully saturated rings. The highest BCUT2D eigenvalue weighted by atomic mass is 16.5. The second-order valence-corrected chi connectivity index (χ2v) is 8.61. The van der Waals surface area contributed by atoms with Gasteiger partial charge in [-0.1, -0.05) is 61.4 Å². The van der Waals surface area contributed by atoms with Crippen LogP contribution in [0.3, 0.4) is 0 Å². The molecule has 1 unspecified atom stereocenters. The van der Waals surface area contributed by atoms with E-state index in [0.717, 1.165) is 19.3 Å². The number of alkyl carbamates (subject to hydrolysis) is 1. The quantitative estimate of drug-likeness (QED) is 0.438. The number of aliphatic carboxylic acids is 1. The van der Waals surface area contributed by atoms with E-state index in [-0.39, 0.29) is 11.8 Å². The van der Waals surface area contributed by atoms with Crippen molar-refractivity contribution in [1.29, 1.82) is 0 Å². The summed E-state index contributed by atoms with van der Waals surface area (Å²) in [6.07, 6.45) is 3.13. The Bertz CT molecular complexity index is 961. The molecule has 0 heterocycles. The van der Waals surface area contributed by atoms with Crippen molar-refractivity contribution in [3.8, 4) is 11.1 Å². The summed E-state index contributed by atoms with van der Waals surface area (Å²) in [5, 5.41) is 11.9. The van der Waals surface area contributed by atoms with Crippen LogP contribution < -0.4 is 5.32 Å². The summed E-state index contributed by atoms with van der Waals surface area (Å²) in [6, 6.07) is 15.7.